The number of amides is 1. The highest BCUT2D eigenvalue weighted by atomic mass is 19.4. The van der Waals surface area contributed by atoms with Gasteiger partial charge in [0.2, 0.25) is 0 Å². The number of pyridine rings is 1. The smallest absolute Gasteiger partial charge is 0.416 e. The van der Waals surface area contributed by atoms with Crippen molar-refractivity contribution >= 4 is 5.91 Å². The third-order valence-corrected chi connectivity index (χ3v) is 7.14. The maximum atomic E-state index is 13.3. The van der Waals surface area contributed by atoms with Gasteiger partial charge in [-0.05, 0) is 36.8 Å². The van der Waals surface area contributed by atoms with Crippen molar-refractivity contribution in [2.45, 2.75) is 43.1 Å². The lowest BCUT2D eigenvalue weighted by atomic mass is 9.84. The van der Waals surface area contributed by atoms with E-state index in [1.165, 1.54) is 18.1 Å². The topological polar surface area (TPSA) is 70.1 Å². The molecule has 3 aliphatic rings. The summed E-state index contributed by atoms with van der Waals surface area (Å²) >= 11 is 0. The zero-order valence-electron chi connectivity index (χ0n) is 19.9. The minimum Gasteiger partial charge on any atom is -0.493 e. The number of alkyl halides is 5. The molecule has 0 spiro atoms. The van der Waals surface area contributed by atoms with Crippen LogP contribution in [-0.2, 0) is 21.3 Å². The quantitative estimate of drug-likeness (QED) is 0.488. The molecule has 2 aromatic rings. The van der Waals surface area contributed by atoms with Gasteiger partial charge in [0.25, 0.3) is 11.8 Å². The van der Waals surface area contributed by atoms with Crippen LogP contribution in [0.5, 0.6) is 11.5 Å². The number of halogens is 5. The molecule has 1 amide bonds. The Hall–Kier alpha value is -2.99. The van der Waals surface area contributed by atoms with E-state index in [2.05, 4.69) is 4.98 Å². The van der Waals surface area contributed by atoms with Gasteiger partial charge >= 0.3 is 6.18 Å². The van der Waals surface area contributed by atoms with Crippen LogP contribution in [0.1, 0.15) is 40.9 Å². The lowest BCUT2D eigenvalue weighted by molar-refractivity contribution is -0.138. The standard InChI is InChI=1S/C25H25F5N2O5/c1-34-19-10-15(2-3-18(19)35-9-5-17-12-24(17,26)27)22(33)32-8-6-23(21(13-32)36-14-37-23)20-11-16(4-7-31-20)25(28,29)30/h2-4,7,10-11,17,21H,5-6,8-9,12-14H2,1H3. The summed E-state index contributed by atoms with van der Waals surface area (Å²) in [6.45, 7) is 0.262. The normalized spacial score (nSPS) is 26.5. The molecule has 1 aromatic heterocycles. The number of hydrogen-bond acceptors (Lipinski definition) is 6. The molecule has 2 aliphatic heterocycles. The number of aromatic nitrogens is 1. The Bertz CT molecular complexity index is 1180. The fourth-order valence-corrected chi connectivity index (χ4v) is 4.86. The molecule has 5 rings (SSSR count). The first kappa shape index (κ1) is 25.7. The van der Waals surface area contributed by atoms with Crippen molar-refractivity contribution < 1.29 is 45.7 Å². The first-order chi connectivity index (χ1) is 17.5. The van der Waals surface area contributed by atoms with Crippen molar-refractivity contribution in [1.29, 1.82) is 0 Å². The average molecular weight is 528 g/mol. The summed E-state index contributed by atoms with van der Waals surface area (Å²) < 4.78 is 88.3. The van der Waals surface area contributed by atoms with E-state index < -0.39 is 35.3 Å². The fraction of sp³-hybridized carbons (Fsp3) is 0.520. The summed E-state index contributed by atoms with van der Waals surface area (Å²) in [6, 6.07) is 6.46. The molecule has 3 heterocycles. The predicted molar refractivity (Wildman–Crippen MR) is 118 cm³/mol. The molecule has 1 saturated carbocycles. The zero-order valence-corrected chi connectivity index (χ0v) is 19.9. The van der Waals surface area contributed by atoms with E-state index >= 15 is 0 Å². The van der Waals surface area contributed by atoms with Crippen LogP contribution in [-0.4, -0.2) is 61.4 Å². The number of nitrogens with zero attached hydrogens (tertiary/aromatic N) is 2. The van der Waals surface area contributed by atoms with Crippen LogP contribution in [0.4, 0.5) is 22.0 Å². The second-order valence-corrected chi connectivity index (χ2v) is 9.40. The SMILES string of the molecule is COc1cc(C(=O)N2CCC3(c4cc(C(F)(F)F)ccn4)OCOC3C2)ccc1OCCC1CC1(F)F. The van der Waals surface area contributed by atoms with E-state index in [0.717, 1.165) is 18.3 Å². The van der Waals surface area contributed by atoms with Crippen LogP contribution in [0.3, 0.4) is 0 Å². The number of carbonyl (C=O) groups excluding carboxylic acids is 1. The Labute approximate surface area is 209 Å². The molecule has 37 heavy (non-hydrogen) atoms. The molecule has 3 atom stereocenters. The Morgan fingerprint density at radius 1 is 1.22 bits per heavy atom. The van der Waals surface area contributed by atoms with Gasteiger partial charge in [0, 0.05) is 37.1 Å². The van der Waals surface area contributed by atoms with Gasteiger partial charge in [-0.15, -0.1) is 0 Å². The fourth-order valence-electron chi connectivity index (χ4n) is 4.86. The second kappa shape index (κ2) is 9.39. The van der Waals surface area contributed by atoms with Gasteiger partial charge in [0.05, 0.1) is 31.5 Å². The summed E-state index contributed by atoms with van der Waals surface area (Å²) in [7, 11) is 1.41. The molecule has 1 aromatic carbocycles. The number of carbonyl (C=O) groups is 1. The monoisotopic (exact) mass is 528 g/mol. The van der Waals surface area contributed by atoms with Gasteiger partial charge < -0.3 is 23.8 Å². The van der Waals surface area contributed by atoms with Gasteiger partial charge in [-0.3, -0.25) is 9.78 Å². The van der Waals surface area contributed by atoms with E-state index in [1.807, 2.05) is 0 Å². The molecule has 3 unspecified atom stereocenters. The number of methoxy groups -OCH3 is 1. The van der Waals surface area contributed by atoms with Gasteiger partial charge in [-0.25, -0.2) is 8.78 Å². The minimum absolute atomic E-state index is 0.0902. The highest BCUT2D eigenvalue weighted by molar-refractivity contribution is 5.95. The van der Waals surface area contributed by atoms with E-state index in [4.69, 9.17) is 18.9 Å². The van der Waals surface area contributed by atoms with Gasteiger partial charge in [-0.2, -0.15) is 13.2 Å². The summed E-state index contributed by atoms with van der Waals surface area (Å²) in [4.78, 5) is 18.9. The molecule has 7 nitrogen and oxygen atoms in total. The summed E-state index contributed by atoms with van der Waals surface area (Å²) in [5.74, 6) is -2.99. The van der Waals surface area contributed by atoms with Crippen LogP contribution in [0, 0.1) is 5.92 Å². The van der Waals surface area contributed by atoms with E-state index in [0.29, 0.717) is 11.3 Å². The number of fused-ring (bicyclic) bond motifs is 1. The van der Waals surface area contributed by atoms with Crippen LogP contribution in [0.25, 0.3) is 0 Å². The van der Waals surface area contributed by atoms with Gasteiger partial charge in [0.15, 0.2) is 11.5 Å². The maximum Gasteiger partial charge on any atom is 0.416 e. The van der Waals surface area contributed by atoms with Crippen LogP contribution in [0.15, 0.2) is 36.5 Å². The maximum absolute atomic E-state index is 13.3. The molecule has 0 N–H and O–H groups in total. The van der Waals surface area contributed by atoms with E-state index in [1.54, 1.807) is 12.1 Å². The second-order valence-electron chi connectivity index (χ2n) is 9.40. The van der Waals surface area contributed by atoms with Crippen molar-refractivity contribution in [1.82, 2.24) is 9.88 Å². The molecule has 0 bridgehead atoms. The number of benzene rings is 1. The molecule has 200 valence electrons. The van der Waals surface area contributed by atoms with Crippen molar-refractivity contribution in [2.24, 2.45) is 5.92 Å². The Balaban J connectivity index is 1.27. The van der Waals surface area contributed by atoms with Gasteiger partial charge in [0.1, 0.15) is 18.5 Å². The number of likely N-dealkylation sites (tertiary alicyclic amines) is 1. The van der Waals surface area contributed by atoms with Crippen molar-refractivity contribution in [3.63, 3.8) is 0 Å². The number of ether oxygens (including phenoxy) is 4. The first-order valence-electron chi connectivity index (χ1n) is 11.8. The van der Waals surface area contributed by atoms with Crippen LogP contribution in [0.2, 0.25) is 0 Å². The zero-order chi connectivity index (χ0) is 26.4. The van der Waals surface area contributed by atoms with Gasteiger partial charge in [-0.1, -0.05) is 0 Å². The molecular formula is C25H25F5N2O5. The Morgan fingerprint density at radius 3 is 2.70 bits per heavy atom. The van der Waals surface area contributed by atoms with E-state index in [-0.39, 0.29) is 63.1 Å². The van der Waals surface area contributed by atoms with E-state index in [9.17, 15) is 26.7 Å². The highest BCUT2D eigenvalue weighted by Gasteiger charge is 2.56. The Kier molecular flexibility index (Phi) is 6.51. The first-order valence-corrected chi connectivity index (χ1v) is 11.8. The number of hydrogen-bond donors (Lipinski definition) is 0. The molecular weight excluding hydrogens is 503 g/mol. The average Bonchev–Trinajstić information content (AvgIpc) is 3.27. The minimum atomic E-state index is -4.53. The molecule has 2 saturated heterocycles. The summed E-state index contributed by atoms with van der Waals surface area (Å²) in [5, 5.41) is 0. The molecule has 1 aliphatic carbocycles. The third kappa shape index (κ3) is 4.96. The molecule has 3 fully saturated rings. The third-order valence-electron chi connectivity index (χ3n) is 7.14. The van der Waals surface area contributed by atoms with Crippen LogP contribution >= 0.6 is 0 Å². The largest absolute Gasteiger partial charge is 0.493 e. The number of rotatable bonds is 7. The Morgan fingerprint density at radius 2 is 2.00 bits per heavy atom. The number of piperidine rings is 1. The highest BCUT2D eigenvalue weighted by Crippen LogP contribution is 2.50. The van der Waals surface area contributed by atoms with Crippen molar-refractivity contribution in [2.75, 3.05) is 33.6 Å². The summed E-state index contributed by atoms with van der Waals surface area (Å²) in [5.41, 5.74) is -1.60. The lowest BCUT2D eigenvalue weighted by Crippen LogP contribution is -2.54. The molecule has 12 heteroatoms. The van der Waals surface area contributed by atoms with Crippen molar-refractivity contribution in [3.05, 3.63) is 53.3 Å². The van der Waals surface area contributed by atoms with Crippen LogP contribution < -0.4 is 9.47 Å². The lowest BCUT2D eigenvalue weighted by Gasteiger charge is -2.41. The molecule has 0 radical (unpaired) electrons. The predicted octanol–water partition coefficient (Wildman–Crippen LogP) is 4.65. The summed E-state index contributed by atoms with van der Waals surface area (Å²) in [6.07, 6.45) is -3.85. The van der Waals surface area contributed by atoms with Crippen molar-refractivity contribution in [3.8, 4) is 11.5 Å².